The Morgan fingerprint density at radius 1 is 1.47 bits per heavy atom. The third-order valence-electron chi connectivity index (χ3n) is 1.89. The maximum atomic E-state index is 11.6. The van der Waals surface area contributed by atoms with Crippen LogP contribution in [0.1, 0.15) is 10.9 Å². The Bertz CT molecular complexity index is 382. The van der Waals surface area contributed by atoms with E-state index in [2.05, 4.69) is 15.9 Å². The number of likely N-dealkylation sites (N-methyl/N-ethyl adjacent to an activating group) is 1. The van der Waals surface area contributed by atoms with Crippen LogP contribution in [-0.2, 0) is 4.79 Å². The molecule has 1 atom stereocenters. The number of amides is 1. The lowest BCUT2D eigenvalue weighted by atomic mass is 10.1. The van der Waals surface area contributed by atoms with Crippen LogP contribution < -0.4 is 0 Å². The molecule has 0 fully saturated rings. The summed E-state index contributed by atoms with van der Waals surface area (Å²) in [6.45, 7) is 0. The summed E-state index contributed by atoms with van der Waals surface area (Å²) < 4.78 is 0.859. The summed E-state index contributed by atoms with van der Waals surface area (Å²) in [5, 5.41) is -0.250. The first kappa shape index (κ1) is 12.8. The van der Waals surface area contributed by atoms with E-state index in [0.717, 1.165) is 4.47 Å². The van der Waals surface area contributed by atoms with Crippen molar-refractivity contribution in [3.05, 3.63) is 33.3 Å². The number of carbonyl (C=O) groups is 1. The molecule has 1 unspecified atom stereocenters. The highest BCUT2D eigenvalue weighted by atomic mass is 79.9. The van der Waals surface area contributed by atoms with Gasteiger partial charge in [0.1, 0.15) is 5.38 Å². The number of rotatable bonds is 2. The Hall–Kier alpha value is -0.250. The number of hydrogen-bond acceptors (Lipinski definition) is 1. The number of carbonyl (C=O) groups excluding carboxylic acids is 1. The molecule has 0 aliphatic heterocycles. The first-order chi connectivity index (χ1) is 6.93. The van der Waals surface area contributed by atoms with Crippen molar-refractivity contribution in [2.75, 3.05) is 14.1 Å². The molecule has 1 rings (SSSR count). The Kier molecular flexibility index (Phi) is 4.44. The maximum absolute atomic E-state index is 11.6. The predicted octanol–water partition coefficient (Wildman–Crippen LogP) is 3.47. The van der Waals surface area contributed by atoms with Gasteiger partial charge in [0.25, 0.3) is 0 Å². The van der Waals surface area contributed by atoms with E-state index in [1.54, 1.807) is 32.3 Å². The maximum Gasteiger partial charge on any atom is 0.244 e. The van der Waals surface area contributed by atoms with E-state index >= 15 is 0 Å². The van der Waals surface area contributed by atoms with Gasteiger partial charge in [0.15, 0.2) is 0 Å². The quantitative estimate of drug-likeness (QED) is 0.766. The van der Waals surface area contributed by atoms with E-state index in [0.29, 0.717) is 10.6 Å². The van der Waals surface area contributed by atoms with Gasteiger partial charge in [-0.15, -0.1) is 11.6 Å². The van der Waals surface area contributed by atoms with Crippen LogP contribution in [-0.4, -0.2) is 24.9 Å². The molecule has 1 aromatic rings. The normalized spacial score (nSPS) is 12.3. The smallest absolute Gasteiger partial charge is 0.244 e. The zero-order valence-electron chi connectivity index (χ0n) is 8.30. The highest BCUT2D eigenvalue weighted by Crippen LogP contribution is 2.31. The van der Waals surface area contributed by atoms with Gasteiger partial charge in [0, 0.05) is 23.6 Å². The fraction of sp³-hybridized carbons (Fsp3) is 0.300. The standard InChI is InChI=1S/C10H10BrCl2NO/c1-14(2)10(15)9(13)7-4-3-6(11)5-8(7)12/h3-5,9H,1-2H3. The Labute approximate surface area is 107 Å². The van der Waals surface area contributed by atoms with Gasteiger partial charge in [-0.05, 0) is 17.7 Å². The van der Waals surface area contributed by atoms with Crippen LogP contribution in [0.4, 0.5) is 0 Å². The molecule has 1 aromatic carbocycles. The zero-order valence-corrected chi connectivity index (χ0v) is 11.4. The van der Waals surface area contributed by atoms with Crippen molar-refractivity contribution in [3.8, 4) is 0 Å². The van der Waals surface area contributed by atoms with Crippen LogP contribution in [0.3, 0.4) is 0 Å². The topological polar surface area (TPSA) is 20.3 Å². The Balaban J connectivity index is 3.01. The summed E-state index contributed by atoms with van der Waals surface area (Å²) in [6, 6.07) is 5.26. The summed E-state index contributed by atoms with van der Waals surface area (Å²) in [7, 11) is 3.31. The van der Waals surface area contributed by atoms with Gasteiger partial charge in [-0.1, -0.05) is 33.6 Å². The minimum absolute atomic E-state index is 0.180. The van der Waals surface area contributed by atoms with Crippen LogP contribution >= 0.6 is 39.1 Å². The van der Waals surface area contributed by atoms with Crippen molar-refractivity contribution in [1.82, 2.24) is 4.90 Å². The predicted molar refractivity (Wildman–Crippen MR) is 66.4 cm³/mol. The number of nitrogens with zero attached hydrogens (tertiary/aromatic N) is 1. The van der Waals surface area contributed by atoms with Gasteiger partial charge < -0.3 is 4.90 Å². The largest absolute Gasteiger partial charge is 0.347 e. The van der Waals surface area contributed by atoms with E-state index < -0.39 is 5.38 Å². The Morgan fingerprint density at radius 2 is 2.07 bits per heavy atom. The molecule has 0 saturated heterocycles. The average molecular weight is 311 g/mol. The van der Waals surface area contributed by atoms with Gasteiger partial charge in [-0.2, -0.15) is 0 Å². The van der Waals surface area contributed by atoms with Crippen LogP contribution in [0.15, 0.2) is 22.7 Å². The molecule has 2 nitrogen and oxygen atoms in total. The zero-order chi connectivity index (χ0) is 11.6. The summed E-state index contributed by atoms with van der Waals surface area (Å²) in [5.41, 5.74) is 0.625. The van der Waals surface area contributed by atoms with Gasteiger partial charge in [0.2, 0.25) is 5.91 Å². The van der Waals surface area contributed by atoms with E-state index in [1.807, 2.05) is 0 Å². The summed E-state index contributed by atoms with van der Waals surface area (Å²) in [4.78, 5) is 13.0. The third kappa shape index (κ3) is 3.10. The van der Waals surface area contributed by atoms with Crippen molar-refractivity contribution in [1.29, 1.82) is 0 Å². The Morgan fingerprint density at radius 3 is 2.53 bits per heavy atom. The number of benzene rings is 1. The molecule has 0 heterocycles. The number of hydrogen-bond donors (Lipinski definition) is 0. The van der Waals surface area contributed by atoms with E-state index in [-0.39, 0.29) is 5.91 Å². The molecule has 82 valence electrons. The first-order valence-corrected chi connectivity index (χ1v) is 5.84. The lowest BCUT2D eigenvalue weighted by Gasteiger charge is -2.16. The molecule has 0 radical (unpaired) electrons. The number of halogens is 3. The first-order valence-electron chi connectivity index (χ1n) is 4.23. The SMILES string of the molecule is CN(C)C(=O)C(Cl)c1ccc(Br)cc1Cl. The molecule has 0 N–H and O–H groups in total. The fourth-order valence-electron chi connectivity index (χ4n) is 1.07. The van der Waals surface area contributed by atoms with Crippen molar-refractivity contribution in [2.24, 2.45) is 0 Å². The van der Waals surface area contributed by atoms with Crippen molar-refractivity contribution in [3.63, 3.8) is 0 Å². The average Bonchev–Trinajstić information content (AvgIpc) is 2.15. The second-order valence-electron chi connectivity index (χ2n) is 3.26. The molecular formula is C10H10BrCl2NO. The third-order valence-corrected chi connectivity index (χ3v) is 3.14. The molecular weight excluding hydrogens is 301 g/mol. The van der Waals surface area contributed by atoms with E-state index in [4.69, 9.17) is 23.2 Å². The highest BCUT2D eigenvalue weighted by Gasteiger charge is 2.21. The van der Waals surface area contributed by atoms with Crippen molar-refractivity contribution < 1.29 is 4.79 Å². The molecule has 0 spiro atoms. The van der Waals surface area contributed by atoms with Gasteiger partial charge in [-0.3, -0.25) is 4.79 Å². The van der Waals surface area contributed by atoms with Crippen LogP contribution in [0.5, 0.6) is 0 Å². The molecule has 0 saturated carbocycles. The lowest BCUT2D eigenvalue weighted by Crippen LogP contribution is -2.25. The molecule has 0 bridgehead atoms. The molecule has 5 heteroatoms. The molecule has 0 aliphatic carbocycles. The summed E-state index contributed by atoms with van der Waals surface area (Å²) >= 11 is 15.3. The van der Waals surface area contributed by atoms with Gasteiger partial charge in [-0.25, -0.2) is 0 Å². The monoisotopic (exact) mass is 309 g/mol. The number of alkyl halides is 1. The highest BCUT2D eigenvalue weighted by molar-refractivity contribution is 9.10. The van der Waals surface area contributed by atoms with Crippen molar-refractivity contribution >= 4 is 45.0 Å². The summed E-state index contributed by atoms with van der Waals surface area (Å²) in [5.74, 6) is -0.180. The second kappa shape index (κ2) is 5.19. The molecule has 0 aromatic heterocycles. The van der Waals surface area contributed by atoms with Crippen LogP contribution in [0.2, 0.25) is 5.02 Å². The lowest BCUT2D eigenvalue weighted by molar-refractivity contribution is -0.128. The molecule has 0 aliphatic rings. The minimum atomic E-state index is -0.736. The van der Waals surface area contributed by atoms with Crippen LogP contribution in [0.25, 0.3) is 0 Å². The van der Waals surface area contributed by atoms with Crippen molar-refractivity contribution in [2.45, 2.75) is 5.38 Å². The van der Waals surface area contributed by atoms with Gasteiger partial charge in [0.05, 0.1) is 0 Å². The van der Waals surface area contributed by atoms with E-state index in [1.165, 1.54) is 4.90 Å². The summed E-state index contributed by atoms with van der Waals surface area (Å²) in [6.07, 6.45) is 0. The van der Waals surface area contributed by atoms with Gasteiger partial charge >= 0.3 is 0 Å². The molecule has 15 heavy (non-hydrogen) atoms. The molecule has 1 amide bonds. The van der Waals surface area contributed by atoms with Crippen LogP contribution in [0, 0.1) is 0 Å². The van der Waals surface area contributed by atoms with E-state index in [9.17, 15) is 4.79 Å². The minimum Gasteiger partial charge on any atom is -0.347 e. The fourth-order valence-corrected chi connectivity index (χ4v) is 2.29. The second-order valence-corrected chi connectivity index (χ2v) is 5.02.